The van der Waals surface area contributed by atoms with Crippen molar-refractivity contribution in [3.05, 3.63) is 53.2 Å². The number of hydrogen-bond acceptors (Lipinski definition) is 8. The number of aliphatic imine (C=N–C) groups is 1. The standard InChI is InChI=1S/C20H15NO7/c1-11(22)27-18-8-12(3-5-15(18)24-2)7-14-20(23)28-19(21-14)13-4-6-16-17(9-13)26-10-25-16/h3-9H,10H2,1-2H3. The van der Waals surface area contributed by atoms with Gasteiger partial charge in [0.05, 0.1) is 7.11 Å². The van der Waals surface area contributed by atoms with Crippen molar-refractivity contribution < 1.29 is 33.3 Å². The van der Waals surface area contributed by atoms with Crippen molar-refractivity contribution in [1.29, 1.82) is 0 Å². The van der Waals surface area contributed by atoms with E-state index in [1.54, 1.807) is 36.4 Å². The van der Waals surface area contributed by atoms with Crippen LogP contribution in [0.25, 0.3) is 6.08 Å². The van der Waals surface area contributed by atoms with Crippen LogP contribution in [-0.2, 0) is 14.3 Å². The number of carbonyl (C=O) groups excluding carboxylic acids is 2. The molecule has 2 aliphatic heterocycles. The average molecular weight is 381 g/mol. The first-order valence-corrected chi connectivity index (χ1v) is 8.32. The van der Waals surface area contributed by atoms with Crippen LogP contribution >= 0.6 is 0 Å². The first-order valence-electron chi connectivity index (χ1n) is 8.32. The summed E-state index contributed by atoms with van der Waals surface area (Å²) in [5, 5.41) is 0. The second kappa shape index (κ2) is 7.07. The summed E-state index contributed by atoms with van der Waals surface area (Å²) in [5.41, 5.74) is 1.31. The second-order valence-corrected chi connectivity index (χ2v) is 5.91. The van der Waals surface area contributed by atoms with Crippen LogP contribution in [0.15, 0.2) is 47.1 Å². The minimum atomic E-state index is -0.586. The van der Waals surface area contributed by atoms with Crippen LogP contribution in [0.1, 0.15) is 18.1 Å². The van der Waals surface area contributed by atoms with Crippen molar-refractivity contribution >= 4 is 23.9 Å². The maximum atomic E-state index is 12.2. The van der Waals surface area contributed by atoms with Gasteiger partial charge in [-0.2, -0.15) is 0 Å². The van der Waals surface area contributed by atoms with Gasteiger partial charge in [-0.3, -0.25) is 4.79 Å². The molecule has 0 saturated carbocycles. The van der Waals surface area contributed by atoms with Gasteiger partial charge in [0, 0.05) is 12.5 Å². The van der Waals surface area contributed by atoms with Crippen molar-refractivity contribution in [2.24, 2.45) is 4.99 Å². The number of nitrogens with zero attached hydrogens (tertiary/aromatic N) is 1. The Hall–Kier alpha value is -3.81. The molecule has 0 aromatic heterocycles. The zero-order chi connectivity index (χ0) is 19.7. The summed E-state index contributed by atoms with van der Waals surface area (Å²) in [6.07, 6.45) is 1.54. The number of esters is 2. The fourth-order valence-electron chi connectivity index (χ4n) is 2.74. The molecule has 0 radical (unpaired) electrons. The van der Waals surface area contributed by atoms with Crippen molar-refractivity contribution in [2.45, 2.75) is 6.92 Å². The van der Waals surface area contributed by atoms with Gasteiger partial charge in [0.1, 0.15) is 0 Å². The predicted octanol–water partition coefficient (Wildman–Crippen LogP) is 2.69. The molecule has 0 aliphatic carbocycles. The molecule has 0 unspecified atom stereocenters. The highest BCUT2D eigenvalue weighted by molar-refractivity contribution is 6.13. The Balaban J connectivity index is 1.64. The van der Waals surface area contributed by atoms with E-state index in [4.69, 9.17) is 23.7 Å². The van der Waals surface area contributed by atoms with Gasteiger partial charge in [-0.25, -0.2) is 9.79 Å². The van der Waals surface area contributed by atoms with E-state index in [-0.39, 0.29) is 24.1 Å². The molecule has 0 saturated heterocycles. The summed E-state index contributed by atoms with van der Waals surface area (Å²) in [6, 6.07) is 10.1. The number of methoxy groups -OCH3 is 1. The molecule has 0 amide bonds. The molecule has 4 rings (SSSR count). The third kappa shape index (κ3) is 3.39. The molecule has 0 atom stereocenters. The Labute approximate surface area is 159 Å². The van der Waals surface area contributed by atoms with Crippen LogP contribution in [-0.4, -0.2) is 31.7 Å². The Morgan fingerprint density at radius 3 is 2.71 bits per heavy atom. The van der Waals surface area contributed by atoms with E-state index in [1.165, 1.54) is 20.1 Å². The zero-order valence-electron chi connectivity index (χ0n) is 15.1. The molecule has 8 heteroatoms. The van der Waals surface area contributed by atoms with Gasteiger partial charge < -0.3 is 23.7 Å². The molecular weight excluding hydrogens is 366 g/mol. The lowest BCUT2D eigenvalue weighted by Gasteiger charge is -2.08. The summed E-state index contributed by atoms with van der Waals surface area (Å²) in [4.78, 5) is 27.7. The molecule has 0 spiro atoms. The van der Waals surface area contributed by atoms with Gasteiger partial charge in [-0.1, -0.05) is 6.07 Å². The zero-order valence-corrected chi connectivity index (χ0v) is 15.1. The van der Waals surface area contributed by atoms with E-state index in [2.05, 4.69) is 4.99 Å². The normalized spacial score (nSPS) is 16.0. The highest BCUT2D eigenvalue weighted by Crippen LogP contribution is 2.34. The largest absolute Gasteiger partial charge is 0.493 e. The summed E-state index contributed by atoms with van der Waals surface area (Å²) < 4.78 is 26.2. The third-order valence-corrected chi connectivity index (χ3v) is 3.98. The molecule has 2 aromatic rings. The molecule has 0 N–H and O–H groups in total. The number of ether oxygens (including phenoxy) is 5. The number of carbonyl (C=O) groups is 2. The lowest BCUT2D eigenvalue weighted by molar-refractivity contribution is -0.132. The van der Waals surface area contributed by atoms with Gasteiger partial charge in [0.15, 0.2) is 28.7 Å². The minimum Gasteiger partial charge on any atom is -0.493 e. The molecule has 2 aliphatic rings. The molecule has 142 valence electrons. The lowest BCUT2D eigenvalue weighted by atomic mass is 10.1. The van der Waals surface area contributed by atoms with Crippen molar-refractivity contribution in [3.8, 4) is 23.0 Å². The molecule has 2 heterocycles. The minimum absolute atomic E-state index is 0.117. The lowest BCUT2D eigenvalue weighted by Crippen LogP contribution is -2.05. The number of cyclic esters (lactones) is 1. The van der Waals surface area contributed by atoms with Gasteiger partial charge >= 0.3 is 11.9 Å². The van der Waals surface area contributed by atoms with Gasteiger partial charge in [-0.15, -0.1) is 0 Å². The highest BCUT2D eigenvalue weighted by Gasteiger charge is 2.26. The predicted molar refractivity (Wildman–Crippen MR) is 97.5 cm³/mol. The Kier molecular flexibility index (Phi) is 4.44. The van der Waals surface area contributed by atoms with Crippen LogP contribution < -0.4 is 18.9 Å². The van der Waals surface area contributed by atoms with E-state index in [1.807, 2.05) is 0 Å². The van der Waals surface area contributed by atoms with E-state index in [0.717, 1.165) is 0 Å². The molecule has 28 heavy (non-hydrogen) atoms. The van der Waals surface area contributed by atoms with E-state index in [0.29, 0.717) is 28.4 Å². The summed E-state index contributed by atoms with van der Waals surface area (Å²) in [6.45, 7) is 1.44. The van der Waals surface area contributed by atoms with Crippen LogP contribution in [0, 0.1) is 0 Å². The van der Waals surface area contributed by atoms with Crippen LogP contribution in [0.4, 0.5) is 0 Å². The van der Waals surface area contributed by atoms with Crippen molar-refractivity contribution in [3.63, 3.8) is 0 Å². The number of rotatable bonds is 4. The molecule has 0 fully saturated rings. The quantitative estimate of drug-likeness (QED) is 0.457. The second-order valence-electron chi connectivity index (χ2n) is 5.91. The molecule has 8 nitrogen and oxygen atoms in total. The molecular formula is C20H15NO7. The maximum Gasteiger partial charge on any atom is 0.363 e. The molecule has 0 bridgehead atoms. The summed E-state index contributed by atoms with van der Waals surface area (Å²) in [5.74, 6) is 0.939. The van der Waals surface area contributed by atoms with Gasteiger partial charge in [-0.05, 0) is 42.0 Å². The number of benzene rings is 2. The number of fused-ring (bicyclic) bond motifs is 1. The van der Waals surface area contributed by atoms with Crippen LogP contribution in [0.3, 0.4) is 0 Å². The SMILES string of the molecule is COc1ccc(C=C2N=C(c3ccc4c(c3)OCO4)OC2=O)cc1OC(C)=O. The topological polar surface area (TPSA) is 92.7 Å². The average Bonchev–Trinajstić information content (AvgIpc) is 3.27. The number of hydrogen-bond donors (Lipinski definition) is 0. The Morgan fingerprint density at radius 1 is 1.11 bits per heavy atom. The van der Waals surface area contributed by atoms with Crippen LogP contribution in [0.2, 0.25) is 0 Å². The Bertz CT molecular complexity index is 1040. The van der Waals surface area contributed by atoms with Crippen LogP contribution in [0.5, 0.6) is 23.0 Å². The summed E-state index contributed by atoms with van der Waals surface area (Å²) in [7, 11) is 1.47. The fourth-order valence-corrected chi connectivity index (χ4v) is 2.74. The smallest absolute Gasteiger partial charge is 0.363 e. The van der Waals surface area contributed by atoms with E-state index < -0.39 is 11.9 Å². The van der Waals surface area contributed by atoms with Gasteiger partial charge in [0.25, 0.3) is 0 Å². The maximum absolute atomic E-state index is 12.2. The van der Waals surface area contributed by atoms with Crippen molar-refractivity contribution in [2.75, 3.05) is 13.9 Å². The van der Waals surface area contributed by atoms with Gasteiger partial charge in [0.2, 0.25) is 12.7 Å². The third-order valence-electron chi connectivity index (χ3n) is 3.98. The monoisotopic (exact) mass is 381 g/mol. The Morgan fingerprint density at radius 2 is 1.93 bits per heavy atom. The van der Waals surface area contributed by atoms with E-state index in [9.17, 15) is 9.59 Å². The first-order chi connectivity index (χ1) is 13.5. The molecule has 2 aromatic carbocycles. The van der Waals surface area contributed by atoms with E-state index >= 15 is 0 Å². The van der Waals surface area contributed by atoms with Crippen molar-refractivity contribution in [1.82, 2.24) is 0 Å². The summed E-state index contributed by atoms with van der Waals surface area (Å²) >= 11 is 0. The highest BCUT2D eigenvalue weighted by atomic mass is 16.7. The fraction of sp³-hybridized carbons (Fsp3) is 0.150. The first kappa shape index (κ1) is 17.6.